The van der Waals surface area contributed by atoms with Crippen LogP contribution in [-0.4, -0.2) is 74.7 Å². The van der Waals surface area contributed by atoms with Gasteiger partial charge in [-0.05, 0) is 43.0 Å². The summed E-state index contributed by atoms with van der Waals surface area (Å²) in [5, 5.41) is 3.71. The maximum atomic E-state index is 13.6. The van der Waals surface area contributed by atoms with Crippen molar-refractivity contribution in [3.8, 4) is 17.2 Å². The van der Waals surface area contributed by atoms with Crippen molar-refractivity contribution in [2.45, 2.75) is 31.7 Å². The second-order valence-electron chi connectivity index (χ2n) is 9.24. The number of nitrogens with one attached hydrogen (secondary N) is 1. The van der Waals surface area contributed by atoms with E-state index in [-0.39, 0.29) is 24.5 Å². The van der Waals surface area contributed by atoms with E-state index in [1.807, 2.05) is 4.90 Å². The van der Waals surface area contributed by atoms with Gasteiger partial charge < -0.3 is 24.4 Å². The van der Waals surface area contributed by atoms with Gasteiger partial charge in [-0.25, -0.2) is 0 Å². The fourth-order valence-corrected chi connectivity index (χ4v) is 5.19. The molecule has 2 amide bonds. The van der Waals surface area contributed by atoms with Crippen LogP contribution in [0.3, 0.4) is 0 Å². The zero-order chi connectivity index (χ0) is 25.5. The van der Waals surface area contributed by atoms with Gasteiger partial charge in [-0.1, -0.05) is 24.4 Å². The number of hydrogen-bond acceptors (Lipinski definition) is 6. The molecule has 0 radical (unpaired) electrons. The normalized spacial score (nSPS) is 17.5. The Labute approximate surface area is 217 Å². The van der Waals surface area contributed by atoms with E-state index in [1.54, 1.807) is 56.7 Å². The number of methoxy groups -OCH3 is 2. The van der Waals surface area contributed by atoms with Crippen molar-refractivity contribution in [1.29, 1.82) is 0 Å². The summed E-state index contributed by atoms with van der Waals surface area (Å²) < 4.78 is 16.3. The summed E-state index contributed by atoms with van der Waals surface area (Å²) in [6.07, 6.45) is 4.35. The van der Waals surface area contributed by atoms with E-state index in [2.05, 4.69) is 10.2 Å². The highest BCUT2D eigenvalue weighted by Gasteiger charge is 2.37. The Morgan fingerprint density at radius 2 is 1.56 bits per heavy atom. The average molecular weight is 516 g/mol. The molecule has 1 saturated carbocycles. The van der Waals surface area contributed by atoms with Crippen LogP contribution in [-0.2, 0) is 9.59 Å². The number of nitrogens with zero attached hydrogens (tertiary/aromatic N) is 2. The molecule has 0 spiro atoms. The molecule has 2 aliphatic rings. The smallest absolute Gasteiger partial charge is 0.260 e. The molecule has 2 aromatic carbocycles. The highest BCUT2D eigenvalue weighted by atomic mass is 35.5. The molecule has 1 heterocycles. The van der Waals surface area contributed by atoms with Crippen LogP contribution in [0.25, 0.3) is 0 Å². The van der Waals surface area contributed by atoms with Crippen molar-refractivity contribution in [3.63, 3.8) is 0 Å². The van der Waals surface area contributed by atoms with Crippen molar-refractivity contribution < 1.29 is 23.8 Å². The van der Waals surface area contributed by atoms with Crippen LogP contribution in [0.4, 0.5) is 5.69 Å². The number of halogens is 1. The number of rotatable bonds is 9. The third-order valence-electron chi connectivity index (χ3n) is 6.97. The molecule has 0 bridgehead atoms. The number of carbonyl (C=O) groups excluding carboxylic acids is 2. The molecule has 1 aliphatic carbocycles. The van der Waals surface area contributed by atoms with Crippen molar-refractivity contribution >= 4 is 29.1 Å². The SMILES string of the molecule is COc1cc(NC(=O)[C@H](C2CCCC2)N2CCN(C(=O)COc3ccc(Cl)cc3)CC2)cc(OC)c1. The molecule has 0 aromatic heterocycles. The summed E-state index contributed by atoms with van der Waals surface area (Å²) in [6, 6.07) is 12.1. The molecule has 1 saturated heterocycles. The van der Waals surface area contributed by atoms with Crippen molar-refractivity contribution in [3.05, 3.63) is 47.5 Å². The van der Waals surface area contributed by atoms with Crippen molar-refractivity contribution in [1.82, 2.24) is 9.80 Å². The Bertz CT molecular complexity index is 1010. The first-order chi connectivity index (χ1) is 17.5. The van der Waals surface area contributed by atoms with Gasteiger partial charge in [0, 0.05) is 55.1 Å². The summed E-state index contributed by atoms with van der Waals surface area (Å²) in [5.74, 6) is 2.06. The molecule has 2 aromatic rings. The van der Waals surface area contributed by atoms with Crippen molar-refractivity contribution in [2.75, 3.05) is 52.3 Å². The quantitative estimate of drug-likeness (QED) is 0.542. The molecule has 1 aliphatic heterocycles. The summed E-state index contributed by atoms with van der Waals surface area (Å²) >= 11 is 5.90. The standard InChI is InChI=1S/C27H34ClN3O5/c1-34-23-15-21(16-24(17-23)35-2)29-27(33)26(19-5-3-4-6-19)31-13-11-30(12-14-31)25(32)18-36-22-9-7-20(28)8-10-22/h7-10,15-17,19,26H,3-6,11-14,18H2,1-2H3,(H,29,33)/t26-/m0/s1. The number of piperazine rings is 1. The predicted molar refractivity (Wildman–Crippen MR) is 139 cm³/mol. The van der Waals surface area contributed by atoms with Gasteiger partial charge >= 0.3 is 0 Å². The maximum Gasteiger partial charge on any atom is 0.260 e. The highest BCUT2D eigenvalue weighted by Crippen LogP contribution is 2.32. The second-order valence-corrected chi connectivity index (χ2v) is 9.68. The highest BCUT2D eigenvalue weighted by molar-refractivity contribution is 6.30. The predicted octanol–water partition coefficient (Wildman–Crippen LogP) is 4.08. The lowest BCUT2D eigenvalue weighted by Crippen LogP contribution is -2.57. The lowest BCUT2D eigenvalue weighted by atomic mass is 9.95. The molecule has 36 heavy (non-hydrogen) atoms. The Kier molecular flexibility index (Phi) is 8.93. The first kappa shape index (κ1) is 26.1. The van der Waals surface area contributed by atoms with Crippen LogP contribution in [0.15, 0.2) is 42.5 Å². The molecule has 4 rings (SSSR count). The Hall–Kier alpha value is -2.97. The van der Waals surface area contributed by atoms with Crippen LogP contribution in [0.5, 0.6) is 17.2 Å². The minimum atomic E-state index is -0.243. The molecule has 9 heteroatoms. The molecule has 1 atom stereocenters. The van der Waals surface area contributed by atoms with Crippen molar-refractivity contribution in [2.24, 2.45) is 5.92 Å². The number of hydrogen-bond donors (Lipinski definition) is 1. The Morgan fingerprint density at radius 1 is 0.944 bits per heavy atom. The number of amides is 2. The van der Waals surface area contributed by atoms with Gasteiger partial charge in [0.25, 0.3) is 5.91 Å². The number of benzene rings is 2. The first-order valence-corrected chi connectivity index (χ1v) is 12.8. The topological polar surface area (TPSA) is 80.3 Å². The van der Waals surface area contributed by atoms with Gasteiger partial charge in [0.1, 0.15) is 17.2 Å². The fourth-order valence-electron chi connectivity index (χ4n) is 5.06. The molecular formula is C27H34ClN3O5. The third-order valence-corrected chi connectivity index (χ3v) is 7.22. The summed E-state index contributed by atoms with van der Waals surface area (Å²) in [7, 11) is 3.17. The average Bonchev–Trinajstić information content (AvgIpc) is 3.42. The fraction of sp³-hybridized carbons (Fsp3) is 0.481. The monoisotopic (exact) mass is 515 g/mol. The number of anilines is 1. The van der Waals surface area contributed by atoms with Crippen LogP contribution < -0.4 is 19.5 Å². The summed E-state index contributed by atoms with van der Waals surface area (Å²) in [6.45, 7) is 2.38. The zero-order valence-corrected chi connectivity index (χ0v) is 21.6. The van der Waals surface area contributed by atoms with Gasteiger partial charge in [-0.2, -0.15) is 0 Å². The van der Waals surface area contributed by atoms with E-state index in [0.717, 1.165) is 25.7 Å². The first-order valence-electron chi connectivity index (χ1n) is 12.4. The Balaban J connectivity index is 1.37. The van der Waals surface area contributed by atoms with Crippen LogP contribution >= 0.6 is 11.6 Å². The van der Waals surface area contributed by atoms with Gasteiger partial charge in [0.15, 0.2) is 6.61 Å². The second kappa shape index (κ2) is 12.3. The van der Waals surface area contributed by atoms with E-state index in [0.29, 0.717) is 60.1 Å². The van der Waals surface area contributed by atoms with Gasteiger partial charge in [-0.3, -0.25) is 14.5 Å². The molecule has 1 N–H and O–H groups in total. The summed E-state index contributed by atoms with van der Waals surface area (Å²) in [5.41, 5.74) is 0.646. The van der Waals surface area contributed by atoms with Crippen LogP contribution in [0.1, 0.15) is 25.7 Å². The number of ether oxygens (including phenoxy) is 3. The molecule has 2 fully saturated rings. The summed E-state index contributed by atoms with van der Waals surface area (Å²) in [4.78, 5) is 30.3. The third kappa shape index (κ3) is 6.62. The molecule has 0 unspecified atom stereocenters. The number of carbonyl (C=O) groups is 2. The van der Waals surface area contributed by atoms with E-state index in [9.17, 15) is 9.59 Å². The maximum absolute atomic E-state index is 13.6. The zero-order valence-electron chi connectivity index (χ0n) is 20.9. The van der Waals surface area contributed by atoms with Gasteiger partial charge in [0.05, 0.1) is 20.3 Å². The molecule has 194 valence electrons. The molecule has 8 nitrogen and oxygen atoms in total. The van der Waals surface area contributed by atoms with E-state index in [1.165, 1.54) is 0 Å². The van der Waals surface area contributed by atoms with E-state index >= 15 is 0 Å². The molecular weight excluding hydrogens is 482 g/mol. The van der Waals surface area contributed by atoms with Gasteiger partial charge in [-0.15, -0.1) is 0 Å². The van der Waals surface area contributed by atoms with E-state index < -0.39 is 0 Å². The minimum Gasteiger partial charge on any atom is -0.497 e. The van der Waals surface area contributed by atoms with E-state index in [4.69, 9.17) is 25.8 Å². The lowest BCUT2D eigenvalue weighted by molar-refractivity contribution is -0.136. The Morgan fingerprint density at radius 3 is 2.14 bits per heavy atom. The van der Waals surface area contributed by atoms with Crippen LogP contribution in [0, 0.1) is 5.92 Å². The van der Waals surface area contributed by atoms with Crippen LogP contribution in [0.2, 0.25) is 5.02 Å². The van der Waals surface area contributed by atoms with Gasteiger partial charge in [0.2, 0.25) is 5.91 Å². The largest absolute Gasteiger partial charge is 0.497 e. The lowest BCUT2D eigenvalue weighted by Gasteiger charge is -2.40. The minimum absolute atomic E-state index is 0.0220.